The first kappa shape index (κ1) is 18.2. The van der Waals surface area contributed by atoms with E-state index in [1.54, 1.807) is 25.2 Å². The summed E-state index contributed by atoms with van der Waals surface area (Å²) in [5.74, 6) is -0.555. The van der Waals surface area contributed by atoms with Crippen LogP contribution in [0.25, 0.3) is 11.3 Å². The fraction of sp³-hybridized carbons (Fsp3) is 0.238. The van der Waals surface area contributed by atoms with Crippen LogP contribution < -0.4 is 10.2 Å². The van der Waals surface area contributed by atoms with E-state index in [9.17, 15) is 9.18 Å². The van der Waals surface area contributed by atoms with Gasteiger partial charge >= 0.3 is 0 Å². The third kappa shape index (κ3) is 3.89. The van der Waals surface area contributed by atoms with Gasteiger partial charge in [-0.3, -0.25) is 9.48 Å². The number of halogens is 1. The number of anilines is 2. The lowest BCUT2D eigenvalue weighted by Gasteiger charge is -2.28. The van der Waals surface area contributed by atoms with Crippen molar-refractivity contribution < 1.29 is 13.9 Å². The van der Waals surface area contributed by atoms with E-state index < -0.39 is 0 Å². The van der Waals surface area contributed by atoms with E-state index in [0.29, 0.717) is 17.1 Å². The molecule has 0 radical (unpaired) electrons. The van der Waals surface area contributed by atoms with Gasteiger partial charge in [0.2, 0.25) is 0 Å². The van der Waals surface area contributed by atoms with Crippen molar-refractivity contribution in [1.29, 1.82) is 0 Å². The van der Waals surface area contributed by atoms with Gasteiger partial charge in [0.25, 0.3) is 5.91 Å². The van der Waals surface area contributed by atoms with Crippen molar-refractivity contribution in [2.75, 3.05) is 36.5 Å². The van der Waals surface area contributed by atoms with Crippen molar-refractivity contribution >= 4 is 17.3 Å². The zero-order valence-corrected chi connectivity index (χ0v) is 15.6. The Labute approximate surface area is 162 Å². The Morgan fingerprint density at radius 3 is 2.43 bits per heavy atom. The molecule has 1 N–H and O–H groups in total. The highest BCUT2D eigenvalue weighted by Gasteiger charge is 2.15. The summed E-state index contributed by atoms with van der Waals surface area (Å²) in [4.78, 5) is 14.9. The fourth-order valence-corrected chi connectivity index (χ4v) is 3.21. The second-order valence-electron chi connectivity index (χ2n) is 6.65. The van der Waals surface area contributed by atoms with Gasteiger partial charge in [0.1, 0.15) is 11.5 Å². The quantitative estimate of drug-likeness (QED) is 0.754. The number of ether oxygens (including phenoxy) is 1. The molecule has 1 aliphatic rings. The van der Waals surface area contributed by atoms with Crippen molar-refractivity contribution in [3.05, 3.63) is 66.1 Å². The molecule has 2 heterocycles. The molecule has 1 fully saturated rings. The molecule has 0 unspecified atom stereocenters. The van der Waals surface area contributed by atoms with Gasteiger partial charge in [0.05, 0.1) is 18.9 Å². The summed E-state index contributed by atoms with van der Waals surface area (Å²) in [5.41, 5.74) is 3.63. The van der Waals surface area contributed by atoms with Crippen molar-refractivity contribution in [3.63, 3.8) is 0 Å². The first-order chi connectivity index (χ1) is 13.6. The molecular formula is C21H21FN4O2. The highest BCUT2D eigenvalue weighted by molar-refractivity contribution is 6.03. The van der Waals surface area contributed by atoms with Crippen LogP contribution in [0, 0.1) is 5.82 Å². The van der Waals surface area contributed by atoms with Crippen molar-refractivity contribution in [3.8, 4) is 11.3 Å². The first-order valence-electron chi connectivity index (χ1n) is 9.14. The number of morpholine rings is 1. The Morgan fingerprint density at radius 2 is 1.75 bits per heavy atom. The standard InChI is InChI=1S/C21H21FN4O2/c1-25-20(14-19(24-25)15-2-4-16(22)5-3-15)21(27)23-17-6-8-18(9-7-17)26-10-12-28-13-11-26/h2-9,14H,10-13H2,1H3,(H,23,27). The maximum absolute atomic E-state index is 13.1. The van der Waals surface area contributed by atoms with Gasteiger partial charge in [-0.25, -0.2) is 4.39 Å². The minimum absolute atomic E-state index is 0.248. The van der Waals surface area contributed by atoms with Crippen LogP contribution in [0.5, 0.6) is 0 Å². The van der Waals surface area contributed by atoms with Gasteiger partial charge in [0, 0.05) is 37.1 Å². The second-order valence-corrected chi connectivity index (χ2v) is 6.65. The Morgan fingerprint density at radius 1 is 1.07 bits per heavy atom. The van der Waals surface area contributed by atoms with E-state index in [4.69, 9.17) is 4.74 Å². The molecule has 2 aromatic carbocycles. The third-order valence-corrected chi connectivity index (χ3v) is 4.75. The zero-order chi connectivity index (χ0) is 19.5. The number of aromatic nitrogens is 2. The SMILES string of the molecule is Cn1nc(-c2ccc(F)cc2)cc1C(=O)Nc1ccc(N2CCOCC2)cc1. The van der Waals surface area contributed by atoms with E-state index in [0.717, 1.165) is 37.6 Å². The molecule has 3 aromatic rings. The monoisotopic (exact) mass is 380 g/mol. The number of benzene rings is 2. The molecule has 6 nitrogen and oxygen atoms in total. The summed E-state index contributed by atoms with van der Waals surface area (Å²) in [6.45, 7) is 3.20. The van der Waals surface area contributed by atoms with Gasteiger partial charge in [0.15, 0.2) is 0 Å². The van der Waals surface area contributed by atoms with Crippen LogP contribution in [-0.2, 0) is 11.8 Å². The molecule has 4 rings (SSSR count). The van der Waals surface area contributed by atoms with Crippen LogP contribution in [0.1, 0.15) is 10.5 Å². The highest BCUT2D eigenvalue weighted by atomic mass is 19.1. The summed E-state index contributed by atoms with van der Waals surface area (Å²) in [7, 11) is 1.71. The van der Waals surface area contributed by atoms with E-state index in [1.165, 1.54) is 16.8 Å². The summed E-state index contributed by atoms with van der Waals surface area (Å²) in [6.07, 6.45) is 0. The minimum Gasteiger partial charge on any atom is -0.378 e. The van der Waals surface area contributed by atoms with Crippen molar-refractivity contribution in [2.24, 2.45) is 7.05 Å². The van der Waals surface area contributed by atoms with E-state index in [2.05, 4.69) is 15.3 Å². The lowest BCUT2D eigenvalue weighted by atomic mass is 10.1. The number of hydrogen-bond donors (Lipinski definition) is 1. The Balaban J connectivity index is 1.47. The Hall–Kier alpha value is -3.19. The summed E-state index contributed by atoms with van der Waals surface area (Å²) in [6, 6.07) is 15.5. The molecule has 0 spiro atoms. The number of rotatable bonds is 4. The van der Waals surface area contributed by atoms with Gasteiger partial charge in [-0.1, -0.05) is 0 Å². The normalized spacial score (nSPS) is 14.1. The molecule has 0 aliphatic carbocycles. The second kappa shape index (κ2) is 7.82. The molecule has 1 saturated heterocycles. The first-order valence-corrected chi connectivity index (χ1v) is 9.14. The number of aryl methyl sites for hydroxylation is 1. The van der Waals surface area contributed by atoms with Crippen molar-refractivity contribution in [1.82, 2.24) is 9.78 Å². The molecule has 1 aromatic heterocycles. The topological polar surface area (TPSA) is 59.4 Å². The molecule has 7 heteroatoms. The maximum atomic E-state index is 13.1. The number of amides is 1. The van der Waals surface area contributed by atoms with Crippen LogP contribution in [-0.4, -0.2) is 42.0 Å². The molecule has 0 bridgehead atoms. The highest BCUT2D eigenvalue weighted by Crippen LogP contribution is 2.22. The van der Waals surface area contributed by atoms with E-state index >= 15 is 0 Å². The van der Waals surface area contributed by atoms with Gasteiger partial charge in [-0.15, -0.1) is 0 Å². The molecule has 1 aliphatic heterocycles. The van der Waals surface area contributed by atoms with E-state index in [1.807, 2.05) is 24.3 Å². The van der Waals surface area contributed by atoms with E-state index in [-0.39, 0.29) is 11.7 Å². The largest absolute Gasteiger partial charge is 0.378 e. The number of carbonyl (C=O) groups is 1. The molecule has 0 atom stereocenters. The molecule has 0 saturated carbocycles. The Bertz CT molecular complexity index is 961. The maximum Gasteiger partial charge on any atom is 0.273 e. The number of nitrogens with zero attached hydrogens (tertiary/aromatic N) is 3. The molecular weight excluding hydrogens is 359 g/mol. The van der Waals surface area contributed by atoms with Crippen molar-refractivity contribution in [2.45, 2.75) is 0 Å². The van der Waals surface area contributed by atoms with Gasteiger partial charge < -0.3 is 15.0 Å². The minimum atomic E-state index is -0.307. The molecule has 144 valence electrons. The number of carbonyl (C=O) groups excluding carboxylic acids is 1. The lowest BCUT2D eigenvalue weighted by Crippen LogP contribution is -2.36. The fourth-order valence-electron chi connectivity index (χ4n) is 3.21. The van der Waals surface area contributed by atoms with Crippen LogP contribution in [0.15, 0.2) is 54.6 Å². The summed E-state index contributed by atoms with van der Waals surface area (Å²) >= 11 is 0. The van der Waals surface area contributed by atoms with Gasteiger partial charge in [-0.2, -0.15) is 5.10 Å². The van der Waals surface area contributed by atoms with Crippen LogP contribution in [0.4, 0.5) is 15.8 Å². The molecule has 28 heavy (non-hydrogen) atoms. The van der Waals surface area contributed by atoms with Crippen LogP contribution in [0.2, 0.25) is 0 Å². The molecule has 1 amide bonds. The third-order valence-electron chi connectivity index (χ3n) is 4.75. The number of hydrogen-bond acceptors (Lipinski definition) is 4. The Kier molecular flexibility index (Phi) is 5.08. The number of nitrogens with one attached hydrogen (secondary N) is 1. The van der Waals surface area contributed by atoms with Crippen LogP contribution in [0.3, 0.4) is 0 Å². The average Bonchev–Trinajstić information content (AvgIpc) is 3.11. The summed E-state index contributed by atoms with van der Waals surface area (Å²) < 4.78 is 20.0. The van der Waals surface area contributed by atoms with Gasteiger partial charge in [-0.05, 0) is 54.6 Å². The predicted molar refractivity (Wildman–Crippen MR) is 106 cm³/mol. The summed E-state index contributed by atoms with van der Waals surface area (Å²) in [5, 5.41) is 7.26. The lowest BCUT2D eigenvalue weighted by molar-refractivity contribution is 0.101. The average molecular weight is 380 g/mol. The predicted octanol–water partition coefficient (Wildman–Crippen LogP) is 3.32. The van der Waals surface area contributed by atoms with Crippen LogP contribution >= 0.6 is 0 Å². The zero-order valence-electron chi connectivity index (χ0n) is 15.6. The smallest absolute Gasteiger partial charge is 0.273 e.